The van der Waals surface area contributed by atoms with E-state index in [4.69, 9.17) is 9.84 Å². The van der Waals surface area contributed by atoms with Crippen molar-refractivity contribution in [1.29, 1.82) is 0 Å². The van der Waals surface area contributed by atoms with Gasteiger partial charge in [0, 0.05) is 50.4 Å². The van der Waals surface area contributed by atoms with E-state index in [1.54, 1.807) is 18.1 Å². The fourth-order valence-electron chi connectivity index (χ4n) is 5.11. The Balaban J connectivity index is 1.44. The summed E-state index contributed by atoms with van der Waals surface area (Å²) in [4.78, 5) is 17.3. The lowest BCUT2D eigenvalue weighted by Crippen LogP contribution is -2.43. The maximum absolute atomic E-state index is 13.8. The standard InChI is InChI=1S/C27H30F2N4O3/c1-36-21-6-2-4-18(12-21)15-33-25-9-11-31(14-19-7-8-23(28)24(29)13-19)17-22(25)26(30-33)27(35)32-10-3-5-20(34)16-32/h2,4,6-8,12-13,20,34H,3,5,9-11,14-17H2,1H3. The number of ether oxygens (including phenoxy) is 1. The van der Waals surface area contributed by atoms with Crippen LogP contribution in [0.3, 0.4) is 0 Å². The second-order valence-electron chi connectivity index (χ2n) is 9.54. The number of carbonyl (C=O) groups is 1. The molecule has 2 aromatic carbocycles. The van der Waals surface area contributed by atoms with Gasteiger partial charge in [0.05, 0.1) is 19.8 Å². The third-order valence-corrected chi connectivity index (χ3v) is 6.96. The van der Waals surface area contributed by atoms with Crippen molar-refractivity contribution in [2.24, 2.45) is 0 Å². The highest BCUT2D eigenvalue weighted by Crippen LogP contribution is 2.27. The molecule has 3 aromatic rings. The maximum Gasteiger partial charge on any atom is 0.274 e. The van der Waals surface area contributed by atoms with E-state index in [2.05, 4.69) is 4.90 Å². The van der Waals surface area contributed by atoms with E-state index in [0.29, 0.717) is 63.4 Å². The van der Waals surface area contributed by atoms with Crippen LogP contribution in [-0.4, -0.2) is 63.4 Å². The summed E-state index contributed by atoms with van der Waals surface area (Å²) >= 11 is 0. The number of hydrogen-bond donors (Lipinski definition) is 1. The summed E-state index contributed by atoms with van der Waals surface area (Å²) in [5, 5.41) is 14.9. The molecule has 1 amide bonds. The van der Waals surface area contributed by atoms with Crippen molar-refractivity contribution in [2.75, 3.05) is 26.7 Å². The van der Waals surface area contributed by atoms with E-state index in [1.165, 1.54) is 6.07 Å². The lowest BCUT2D eigenvalue weighted by atomic mass is 10.0. The molecule has 2 aliphatic heterocycles. The summed E-state index contributed by atoms with van der Waals surface area (Å²) in [7, 11) is 1.63. The van der Waals surface area contributed by atoms with Gasteiger partial charge in [-0.25, -0.2) is 8.78 Å². The van der Waals surface area contributed by atoms with Crippen LogP contribution < -0.4 is 4.74 Å². The van der Waals surface area contributed by atoms with Crippen LogP contribution in [0.4, 0.5) is 8.78 Å². The average Bonchev–Trinajstić information content (AvgIpc) is 3.23. The number of β-amino-alcohol motifs (C(OH)–C–C–N with tert-alkyl or cyclic N) is 1. The Morgan fingerprint density at radius 1 is 1.11 bits per heavy atom. The van der Waals surface area contributed by atoms with Crippen LogP contribution >= 0.6 is 0 Å². The van der Waals surface area contributed by atoms with Crippen LogP contribution in [0, 0.1) is 11.6 Å². The van der Waals surface area contributed by atoms with Gasteiger partial charge in [0.15, 0.2) is 17.3 Å². The van der Waals surface area contributed by atoms with Crippen LogP contribution in [-0.2, 0) is 26.1 Å². The number of likely N-dealkylation sites (tertiary alicyclic amines) is 1. The molecule has 36 heavy (non-hydrogen) atoms. The molecular formula is C27H30F2N4O3. The van der Waals surface area contributed by atoms with Gasteiger partial charge in [-0.3, -0.25) is 14.4 Å². The van der Waals surface area contributed by atoms with Gasteiger partial charge in [0.25, 0.3) is 5.91 Å². The smallest absolute Gasteiger partial charge is 0.274 e. The van der Waals surface area contributed by atoms with Crippen LogP contribution in [0.2, 0.25) is 0 Å². The molecule has 1 atom stereocenters. The van der Waals surface area contributed by atoms with E-state index in [9.17, 15) is 18.7 Å². The number of carbonyl (C=O) groups excluding carboxylic acids is 1. The number of fused-ring (bicyclic) bond motifs is 1. The average molecular weight is 497 g/mol. The quantitative estimate of drug-likeness (QED) is 0.567. The van der Waals surface area contributed by atoms with E-state index < -0.39 is 17.7 Å². The molecule has 5 rings (SSSR count). The van der Waals surface area contributed by atoms with E-state index in [1.807, 2.05) is 28.9 Å². The van der Waals surface area contributed by atoms with Crippen molar-refractivity contribution in [3.05, 3.63) is 82.2 Å². The van der Waals surface area contributed by atoms with Gasteiger partial charge in [-0.1, -0.05) is 18.2 Å². The second kappa shape index (κ2) is 10.4. The number of methoxy groups -OCH3 is 1. The van der Waals surface area contributed by atoms with Gasteiger partial charge in [-0.05, 0) is 48.2 Å². The van der Waals surface area contributed by atoms with E-state index in [-0.39, 0.29) is 5.91 Å². The fourth-order valence-corrected chi connectivity index (χ4v) is 5.11. The Labute approximate surface area is 208 Å². The molecule has 0 saturated carbocycles. The van der Waals surface area contributed by atoms with Crippen molar-refractivity contribution in [2.45, 2.75) is 45.0 Å². The van der Waals surface area contributed by atoms with E-state index >= 15 is 0 Å². The molecule has 1 fully saturated rings. The third-order valence-electron chi connectivity index (χ3n) is 6.96. The van der Waals surface area contributed by atoms with Gasteiger partial charge >= 0.3 is 0 Å². The molecule has 3 heterocycles. The normalized spacial score (nSPS) is 18.2. The molecule has 1 saturated heterocycles. The summed E-state index contributed by atoms with van der Waals surface area (Å²) in [6.45, 7) is 3.00. The highest BCUT2D eigenvalue weighted by Gasteiger charge is 2.32. The van der Waals surface area contributed by atoms with Gasteiger partial charge in [0.2, 0.25) is 0 Å². The molecule has 9 heteroatoms. The molecule has 1 aromatic heterocycles. The molecule has 1 N–H and O–H groups in total. The number of piperidine rings is 1. The van der Waals surface area contributed by atoms with E-state index in [0.717, 1.165) is 35.1 Å². The van der Waals surface area contributed by atoms with Gasteiger partial charge in [0.1, 0.15) is 5.75 Å². The summed E-state index contributed by atoms with van der Waals surface area (Å²) in [5.74, 6) is -1.15. The summed E-state index contributed by atoms with van der Waals surface area (Å²) in [6, 6.07) is 11.7. The zero-order valence-corrected chi connectivity index (χ0v) is 20.3. The van der Waals surface area contributed by atoms with Crippen LogP contribution in [0.1, 0.15) is 45.7 Å². The Kier molecular flexibility index (Phi) is 7.02. The predicted molar refractivity (Wildman–Crippen MR) is 130 cm³/mol. The Morgan fingerprint density at radius 3 is 2.72 bits per heavy atom. The third kappa shape index (κ3) is 5.12. The number of halogens is 2. The van der Waals surface area contributed by atoms with Crippen LogP contribution in [0.25, 0.3) is 0 Å². The SMILES string of the molecule is COc1cccc(Cn2nc(C(=O)N3CCCC(O)C3)c3c2CCN(Cc2ccc(F)c(F)c2)C3)c1. The first-order valence-corrected chi connectivity index (χ1v) is 12.3. The number of nitrogens with zero attached hydrogens (tertiary/aromatic N) is 4. The molecule has 0 bridgehead atoms. The molecular weight excluding hydrogens is 466 g/mol. The largest absolute Gasteiger partial charge is 0.497 e. The number of hydrogen-bond acceptors (Lipinski definition) is 5. The first-order valence-electron chi connectivity index (χ1n) is 12.3. The van der Waals surface area contributed by atoms with Gasteiger partial charge in [-0.15, -0.1) is 0 Å². The van der Waals surface area contributed by atoms with Gasteiger partial charge < -0.3 is 14.7 Å². The maximum atomic E-state index is 13.8. The number of amides is 1. The molecule has 0 aliphatic carbocycles. The van der Waals surface area contributed by atoms with Crippen molar-refractivity contribution in [3.8, 4) is 5.75 Å². The number of aromatic nitrogens is 2. The topological polar surface area (TPSA) is 70.8 Å². The van der Waals surface area contributed by atoms with Crippen molar-refractivity contribution < 1.29 is 23.4 Å². The van der Waals surface area contributed by atoms with Crippen molar-refractivity contribution in [3.63, 3.8) is 0 Å². The molecule has 7 nitrogen and oxygen atoms in total. The summed E-state index contributed by atoms with van der Waals surface area (Å²) < 4.78 is 34.4. The number of aliphatic hydroxyl groups excluding tert-OH is 1. The molecule has 0 spiro atoms. The molecule has 2 aliphatic rings. The lowest BCUT2D eigenvalue weighted by Gasteiger charge is -2.31. The number of rotatable bonds is 6. The Morgan fingerprint density at radius 2 is 1.94 bits per heavy atom. The zero-order chi connectivity index (χ0) is 25.2. The van der Waals surface area contributed by atoms with Crippen molar-refractivity contribution >= 4 is 5.91 Å². The first kappa shape index (κ1) is 24.4. The van der Waals surface area contributed by atoms with Crippen LogP contribution in [0.15, 0.2) is 42.5 Å². The fraction of sp³-hybridized carbons (Fsp3) is 0.407. The highest BCUT2D eigenvalue weighted by atomic mass is 19.2. The lowest BCUT2D eigenvalue weighted by molar-refractivity contribution is 0.0466. The predicted octanol–water partition coefficient (Wildman–Crippen LogP) is 3.37. The second-order valence-corrected chi connectivity index (χ2v) is 9.54. The monoisotopic (exact) mass is 496 g/mol. The number of benzene rings is 2. The minimum Gasteiger partial charge on any atom is -0.497 e. The zero-order valence-electron chi connectivity index (χ0n) is 20.3. The molecule has 1 unspecified atom stereocenters. The first-order chi connectivity index (χ1) is 17.4. The molecule has 0 radical (unpaired) electrons. The highest BCUT2D eigenvalue weighted by molar-refractivity contribution is 5.94. The van der Waals surface area contributed by atoms with Crippen LogP contribution in [0.5, 0.6) is 5.75 Å². The Hall–Kier alpha value is -3.30. The number of aliphatic hydroxyl groups is 1. The minimum absolute atomic E-state index is 0.177. The van der Waals surface area contributed by atoms with Gasteiger partial charge in [-0.2, -0.15) is 5.10 Å². The molecule has 190 valence electrons. The van der Waals surface area contributed by atoms with Crippen molar-refractivity contribution in [1.82, 2.24) is 19.6 Å². The minimum atomic E-state index is -0.866. The summed E-state index contributed by atoms with van der Waals surface area (Å²) in [5.41, 5.74) is 3.94. The summed E-state index contributed by atoms with van der Waals surface area (Å²) in [6.07, 6.45) is 1.59. The Bertz CT molecular complexity index is 1260.